The summed E-state index contributed by atoms with van der Waals surface area (Å²) >= 11 is 0. The fourth-order valence-electron chi connectivity index (χ4n) is 3.99. The van der Waals surface area contributed by atoms with E-state index in [2.05, 4.69) is 0 Å². The van der Waals surface area contributed by atoms with Crippen LogP contribution in [0, 0.1) is 11.3 Å². The smallest absolute Gasteiger partial charge is 0.410 e. The molecule has 3 atom stereocenters. The van der Waals surface area contributed by atoms with Crippen molar-refractivity contribution in [3.05, 3.63) is 0 Å². The standard InChI is InChI=1S/C16H27NO5/c1-14(2,3)22-13(20)17-9-10-6-7-11(17)16(8-10,12(18)19)15(4,5)21/h10-11,21H,6-9H2,1-5H3,(H,18,19). The van der Waals surface area contributed by atoms with Crippen molar-refractivity contribution in [2.45, 2.75) is 71.1 Å². The van der Waals surface area contributed by atoms with Crippen LogP contribution < -0.4 is 0 Å². The summed E-state index contributed by atoms with van der Waals surface area (Å²) in [6.07, 6.45) is 1.38. The summed E-state index contributed by atoms with van der Waals surface area (Å²) < 4.78 is 5.43. The van der Waals surface area contributed by atoms with E-state index in [0.29, 0.717) is 19.4 Å². The fraction of sp³-hybridized carbons (Fsp3) is 0.875. The second-order valence-electron chi connectivity index (χ2n) is 8.13. The molecule has 2 heterocycles. The first-order valence-corrected chi connectivity index (χ1v) is 7.84. The Morgan fingerprint density at radius 3 is 2.18 bits per heavy atom. The van der Waals surface area contributed by atoms with E-state index in [1.165, 1.54) is 18.7 Å². The number of aliphatic hydroxyl groups is 1. The van der Waals surface area contributed by atoms with E-state index >= 15 is 0 Å². The van der Waals surface area contributed by atoms with Crippen LogP contribution in [-0.2, 0) is 9.53 Å². The van der Waals surface area contributed by atoms with Crippen LogP contribution in [-0.4, -0.2) is 51.0 Å². The Hall–Kier alpha value is -1.30. The van der Waals surface area contributed by atoms with Gasteiger partial charge in [-0.2, -0.15) is 0 Å². The number of rotatable bonds is 2. The van der Waals surface area contributed by atoms with Crippen molar-refractivity contribution >= 4 is 12.1 Å². The Balaban J connectivity index is 2.37. The first kappa shape index (κ1) is 17.1. The second kappa shape index (κ2) is 5.11. The Morgan fingerprint density at radius 1 is 1.18 bits per heavy atom. The molecule has 2 N–H and O–H groups in total. The monoisotopic (exact) mass is 313 g/mol. The molecule has 22 heavy (non-hydrogen) atoms. The number of piperidine rings is 2. The topological polar surface area (TPSA) is 87.1 Å². The molecular formula is C16H27NO5. The van der Waals surface area contributed by atoms with Gasteiger partial charge in [0.05, 0.1) is 11.6 Å². The SMILES string of the molecule is CC(C)(C)OC(=O)N1CC2CCC1C(C(=O)O)(C(C)(C)O)C2. The van der Waals surface area contributed by atoms with Gasteiger partial charge in [-0.25, -0.2) is 4.79 Å². The molecule has 2 saturated heterocycles. The number of hydrogen-bond acceptors (Lipinski definition) is 4. The number of nitrogens with zero attached hydrogens (tertiary/aromatic N) is 1. The third-order valence-corrected chi connectivity index (χ3v) is 4.96. The Morgan fingerprint density at radius 2 is 1.77 bits per heavy atom. The molecule has 0 aromatic carbocycles. The van der Waals surface area contributed by atoms with Crippen LogP contribution in [0.25, 0.3) is 0 Å². The Labute approximate surface area is 131 Å². The van der Waals surface area contributed by atoms with Gasteiger partial charge in [-0.15, -0.1) is 0 Å². The number of carbonyl (C=O) groups is 2. The number of aliphatic carboxylic acids is 1. The fourth-order valence-corrected chi connectivity index (χ4v) is 3.99. The molecule has 1 aliphatic carbocycles. The lowest BCUT2D eigenvalue weighted by Gasteiger charge is -2.58. The normalized spacial score (nSPS) is 32.0. The zero-order valence-electron chi connectivity index (χ0n) is 14.0. The maximum atomic E-state index is 12.5. The number of carboxylic acids is 1. The van der Waals surface area contributed by atoms with Crippen LogP contribution in [0.4, 0.5) is 4.79 Å². The Bertz CT molecular complexity index is 476. The molecule has 0 aromatic rings. The maximum absolute atomic E-state index is 12.5. The van der Waals surface area contributed by atoms with Crippen molar-refractivity contribution < 1.29 is 24.5 Å². The van der Waals surface area contributed by atoms with E-state index in [0.717, 1.165) is 6.42 Å². The van der Waals surface area contributed by atoms with Crippen molar-refractivity contribution in [1.82, 2.24) is 4.90 Å². The lowest BCUT2D eigenvalue weighted by atomic mass is 9.56. The van der Waals surface area contributed by atoms with Gasteiger partial charge >= 0.3 is 12.1 Å². The van der Waals surface area contributed by atoms with Crippen molar-refractivity contribution in [2.75, 3.05) is 6.54 Å². The van der Waals surface area contributed by atoms with Gasteiger partial charge in [-0.3, -0.25) is 4.79 Å². The molecule has 3 fully saturated rings. The van der Waals surface area contributed by atoms with E-state index in [1.54, 1.807) is 20.8 Å². The van der Waals surface area contributed by atoms with E-state index in [9.17, 15) is 19.8 Å². The highest BCUT2D eigenvalue weighted by atomic mass is 16.6. The van der Waals surface area contributed by atoms with Gasteiger partial charge in [-0.1, -0.05) is 0 Å². The lowest BCUT2D eigenvalue weighted by Crippen LogP contribution is -2.70. The van der Waals surface area contributed by atoms with Crippen molar-refractivity contribution in [3.8, 4) is 0 Å². The minimum absolute atomic E-state index is 0.0834. The summed E-state index contributed by atoms with van der Waals surface area (Å²) in [5.74, 6) is -0.956. The predicted octanol–water partition coefficient (Wildman–Crippen LogP) is 2.25. The predicted molar refractivity (Wildman–Crippen MR) is 80.4 cm³/mol. The van der Waals surface area contributed by atoms with Crippen molar-refractivity contribution in [1.29, 1.82) is 0 Å². The second-order valence-corrected chi connectivity index (χ2v) is 8.13. The molecule has 6 nitrogen and oxygen atoms in total. The molecule has 6 heteroatoms. The maximum Gasteiger partial charge on any atom is 0.410 e. The molecular weight excluding hydrogens is 286 g/mol. The van der Waals surface area contributed by atoms with Crippen LogP contribution in [0.1, 0.15) is 53.9 Å². The summed E-state index contributed by atoms with van der Waals surface area (Å²) in [5.41, 5.74) is -3.39. The summed E-state index contributed by atoms with van der Waals surface area (Å²) in [5, 5.41) is 20.4. The zero-order valence-corrected chi connectivity index (χ0v) is 14.0. The molecule has 0 spiro atoms. The number of carboxylic acid groups (broad SMARTS) is 1. The molecule has 126 valence electrons. The number of carbonyl (C=O) groups excluding carboxylic acids is 1. The zero-order chi connectivity index (χ0) is 16.9. The summed E-state index contributed by atoms with van der Waals surface area (Å²) in [6.45, 7) is 8.91. The number of amides is 1. The van der Waals surface area contributed by atoms with Gasteiger partial charge in [0.15, 0.2) is 0 Å². The third kappa shape index (κ3) is 2.69. The van der Waals surface area contributed by atoms with Crippen molar-refractivity contribution in [3.63, 3.8) is 0 Å². The number of hydrogen-bond donors (Lipinski definition) is 2. The number of fused-ring (bicyclic) bond motifs is 3. The van der Waals surface area contributed by atoms with Crippen molar-refractivity contribution in [2.24, 2.45) is 11.3 Å². The largest absolute Gasteiger partial charge is 0.481 e. The lowest BCUT2D eigenvalue weighted by molar-refractivity contribution is -0.196. The third-order valence-electron chi connectivity index (χ3n) is 4.96. The van der Waals surface area contributed by atoms with Crippen LogP contribution >= 0.6 is 0 Å². The van der Waals surface area contributed by atoms with Crippen LogP contribution in [0.5, 0.6) is 0 Å². The molecule has 1 saturated carbocycles. The minimum atomic E-state index is -1.41. The van der Waals surface area contributed by atoms with Gasteiger partial charge in [0.1, 0.15) is 11.0 Å². The van der Waals surface area contributed by atoms with Gasteiger partial charge in [0.2, 0.25) is 0 Å². The van der Waals surface area contributed by atoms with E-state index < -0.39 is 34.7 Å². The molecule has 3 rings (SSSR count). The molecule has 3 aliphatic rings. The van der Waals surface area contributed by atoms with E-state index in [4.69, 9.17) is 4.74 Å². The van der Waals surface area contributed by atoms with Gasteiger partial charge in [-0.05, 0) is 59.8 Å². The van der Waals surface area contributed by atoms with Crippen LogP contribution in [0.15, 0.2) is 0 Å². The van der Waals surface area contributed by atoms with Gasteiger partial charge in [0, 0.05) is 6.54 Å². The molecule has 0 radical (unpaired) electrons. The first-order chi connectivity index (χ1) is 9.88. The highest BCUT2D eigenvalue weighted by Crippen LogP contribution is 2.53. The molecule has 0 aromatic heterocycles. The summed E-state index contributed by atoms with van der Waals surface area (Å²) in [4.78, 5) is 26.0. The minimum Gasteiger partial charge on any atom is -0.481 e. The quantitative estimate of drug-likeness (QED) is 0.816. The van der Waals surface area contributed by atoms with E-state index in [1.807, 2.05) is 0 Å². The molecule has 2 aliphatic heterocycles. The number of ether oxygens (including phenoxy) is 1. The van der Waals surface area contributed by atoms with Crippen LogP contribution in [0.3, 0.4) is 0 Å². The van der Waals surface area contributed by atoms with Crippen LogP contribution in [0.2, 0.25) is 0 Å². The average Bonchev–Trinajstić information content (AvgIpc) is 2.35. The molecule has 3 unspecified atom stereocenters. The Kier molecular flexibility index (Phi) is 3.97. The van der Waals surface area contributed by atoms with Gasteiger partial charge in [0.25, 0.3) is 0 Å². The first-order valence-electron chi connectivity index (χ1n) is 7.84. The van der Waals surface area contributed by atoms with Gasteiger partial charge < -0.3 is 19.8 Å². The molecule has 1 amide bonds. The summed E-state index contributed by atoms with van der Waals surface area (Å²) in [7, 11) is 0. The summed E-state index contributed by atoms with van der Waals surface area (Å²) in [6, 6.07) is -0.537. The highest BCUT2D eigenvalue weighted by molar-refractivity contribution is 5.80. The average molecular weight is 313 g/mol. The highest BCUT2D eigenvalue weighted by Gasteiger charge is 2.64. The molecule has 2 bridgehead atoms. The van der Waals surface area contributed by atoms with E-state index in [-0.39, 0.29) is 5.92 Å².